The van der Waals surface area contributed by atoms with Crippen LogP contribution in [0.4, 0.5) is 5.69 Å². The molecule has 1 aliphatic carbocycles. The van der Waals surface area contributed by atoms with Crippen LogP contribution in [-0.2, 0) is 14.2 Å². The molecular formula is C102H106N4O20. The Hall–Kier alpha value is -13.9. The molecule has 1 unspecified atom stereocenters. The number of nitrogens with zero attached hydrogens (tertiary/aromatic N) is 2. The minimum atomic E-state index is -0.665. The molecular weight excluding hydrogens is 1600 g/mol. The van der Waals surface area contributed by atoms with E-state index in [1.165, 1.54) is 25.3 Å². The Morgan fingerprint density at radius 2 is 0.825 bits per heavy atom. The fourth-order valence-corrected chi connectivity index (χ4v) is 14.3. The van der Waals surface area contributed by atoms with E-state index in [4.69, 9.17) is 40.7 Å². The minimum absolute atomic E-state index is 0.0185. The third-order valence-electron chi connectivity index (χ3n) is 21.3. The molecule has 2 N–H and O–H groups in total. The van der Waals surface area contributed by atoms with E-state index >= 15 is 0 Å². The normalized spacial score (nSPS) is 13.8. The number of unbranched alkanes of at least 4 members (excludes halogenated alkanes) is 7. The molecule has 7 aromatic heterocycles. The van der Waals surface area contributed by atoms with Crippen molar-refractivity contribution in [3.63, 3.8) is 0 Å². The largest absolute Gasteiger partial charge is 0.462 e. The van der Waals surface area contributed by atoms with E-state index in [0.717, 1.165) is 137 Å². The lowest BCUT2D eigenvalue weighted by atomic mass is 9.89. The van der Waals surface area contributed by atoms with Crippen molar-refractivity contribution < 1.29 is 64.7 Å². The maximum absolute atomic E-state index is 13.1. The van der Waals surface area contributed by atoms with Gasteiger partial charge < -0.3 is 56.2 Å². The van der Waals surface area contributed by atoms with Gasteiger partial charge in [-0.2, -0.15) is 0 Å². The van der Waals surface area contributed by atoms with Gasteiger partial charge in [0.05, 0.1) is 35.6 Å². The van der Waals surface area contributed by atoms with Crippen LogP contribution in [0, 0.1) is 47.5 Å². The number of aromatic nitrogens is 1. The molecule has 0 radical (unpaired) electrons. The average molecular weight is 1710 g/mol. The van der Waals surface area contributed by atoms with Crippen LogP contribution in [0.2, 0.25) is 0 Å². The number of amides is 2. The van der Waals surface area contributed by atoms with Gasteiger partial charge in [0.2, 0.25) is 0 Å². The SMILES string of the molecule is CCCCCCCCOC(=O)c1cc2ccc(C)cc2oc1=O.CCCCN1C(=O)c2ccccc2NC1c1cc2ccc(C)cc2oc1=O.CCCCNC(=O)c1cc2ccc(C)cc2oc1=O.CCOC(=O)c1cc2ccc(C)cc2oc1=O.Cc1ccc2cc(-c3ccccn3)c(=O)oc2c1.Cc1ccc2cc(C(=O)OC3CCC(C)CC3)c(=O)oc2c1. The van der Waals surface area contributed by atoms with Gasteiger partial charge in [0.15, 0.2) is 0 Å². The van der Waals surface area contributed by atoms with Crippen molar-refractivity contribution in [3.8, 4) is 11.3 Å². The molecule has 24 nitrogen and oxygen atoms in total. The predicted octanol–water partition coefficient (Wildman–Crippen LogP) is 21.0. The van der Waals surface area contributed by atoms with Crippen LogP contribution < -0.4 is 44.4 Å². The van der Waals surface area contributed by atoms with Crippen LogP contribution in [0.25, 0.3) is 77.1 Å². The number of hydrogen-bond donors (Lipinski definition) is 2. The van der Waals surface area contributed by atoms with Crippen molar-refractivity contribution >= 4 is 101 Å². The standard InChI is InChI=1S/C22H22N2O3.C19H24O4.C18H20O4.C15H17NO3.C15H11NO2.C13H12O4/c1-3-4-11-24-20(23-18-8-6-5-7-16(18)21(24)25)17-13-15-10-9-14(2)12-19(15)27-22(17)26;1-3-4-5-6-7-8-11-22-18(20)16-13-15-10-9-14(2)12-17(15)23-19(16)21;1-11-4-7-14(8-5-11)21-17(19)15-10-13-6-3-12(2)9-16(13)22-18(15)20;1-3-4-7-16-14(17)12-9-11-6-5-10(2)8-13(11)19-15(12)18;1-10-5-6-11-9-12(13-4-2-3-7-16-13)15(17)18-14(11)8-10;1-3-16-12(14)10-7-9-5-4-8(2)6-11(9)17-13(10)15/h5-10,12-13,20,23H,3-4,11H2,1-2H3;9-10,12-13H,3-8,11H2,1-2H3;3,6,9-11,14H,4-5,7-8H2,1-2H3;5-6,8-9H,3-4,7H2,1-2H3,(H,16,17);2-9H,1H3;4-7H,3H2,1-2H3. The first kappa shape index (κ1) is 92.8. The van der Waals surface area contributed by atoms with Crippen molar-refractivity contribution in [1.29, 1.82) is 0 Å². The number of rotatable bonds is 21. The first-order chi connectivity index (χ1) is 60.7. The number of pyridine rings is 1. The van der Waals surface area contributed by atoms with Gasteiger partial charge in [-0.15, -0.1) is 0 Å². The summed E-state index contributed by atoms with van der Waals surface area (Å²) in [7, 11) is 0. The summed E-state index contributed by atoms with van der Waals surface area (Å²) < 4.78 is 47.1. The molecule has 126 heavy (non-hydrogen) atoms. The molecule has 1 atom stereocenters. The number of ether oxygens (including phenoxy) is 3. The highest BCUT2D eigenvalue weighted by Crippen LogP contribution is 2.34. The van der Waals surface area contributed by atoms with E-state index in [1.807, 2.05) is 176 Å². The fourth-order valence-electron chi connectivity index (χ4n) is 14.3. The van der Waals surface area contributed by atoms with Gasteiger partial charge in [-0.05, 0) is 230 Å². The van der Waals surface area contributed by atoms with Crippen LogP contribution in [0.3, 0.4) is 0 Å². The van der Waals surface area contributed by atoms with Gasteiger partial charge in [0.1, 0.15) is 68.0 Å². The zero-order valence-corrected chi connectivity index (χ0v) is 73.0. The summed E-state index contributed by atoms with van der Waals surface area (Å²) in [5.74, 6) is -1.57. The first-order valence-electron chi connectivity index (χ1n) is 42.9. The van der Waals surface area contributed by atoms with Crippen LogP contribution in [0.15, 0.2) is 250 Å². The quantitative estimate of drug-likeness (QED) is 0.0292. The summed E-state index contributed by atoms with van der Waals surface area (Å²) in [5.41, 5.74) is 8.82. The van der Waals surface area contributed by atoms with E-state index in [1.54, 1.807) is 72.6 Å². The van der Waals surface area contributed by atoms with Gasteiger partial charge >= 0.3 is 51.7 Å². The van der Waals surface area contributed by atoms with Crippen molar-refractivity contribution in [3.05, 3.63) is 324 Å². The molecule has 1 aliphatic heterocycles. The molecule has 24 heteroatoms. The monoisotopic (exact) mass is 1710 g/mol. The molecule has 2 amide bonds. The highest BCUT2D eigenvalue weighted by Gasteiger charge is 2.35. The number of carbonyl (C=O) groups excluding carboxylic acids is 5. The molecule has 654 valence electrons. The van der Waals surface area contributed by atoms with E-state index in [-0.39, 0.29) is 52.4 Å². The average Bonchev–Trinajstić information content (AvgIpc) is 0.765. The molecule has 14 aromatic rings. The zero-order valence-electron chi connectivity index (χ0n) is 73.0. The molecule has 8 heterocycles. The highest BCUT2D eigenvalue weighted by atomic mass is 16.5. The second kappa shape index (κ2) is 44.4. The molecule has 0 spiro atoms. The van der Waals surface area contributed by atoms with Crippen molar-refractivity contribution in [2.24, 2.45) is 5.92 Å². The zero-order chi connectivity index (χ0) is 90.1. The fraction of sp³-hybridized carbons (Fsp3) is 0.314. The summed E-state index contributed by atoms with van der Waals surface area (Å²) in [6.45, 7) is 23.5. The number of aryl methyl sites for hydroxylation is 6. The van der Waals surface area contributed by atoms with Gasteiger partial charge in [-0.3, -0.25) is 14.6 Å². The molecule has 1 saturated carbocycles. The molecule has 0 saturated heterocycles. The topological polar surface area (TPSA) is 334 Å². The third kappa shape index (κ3) is 24.8. The van der Waals surface area contributed by atoms with Crippen LogP contribution in [0.5, 0.6) is 0 Å². The lowest BCUT2D eigenvalue weighted by molar-refractivity contribution is 0.0169. The summed E-state index contributed by atoms with van der Waals surface area (Å²) in [4.78, 5) is 139. The molecule has 1 fully saturated rings. The van der Waals surface area contributed by atoms with E-state index in [0.29, 0.717) is 86.9 Å². The smallest absolute Gasteiger partial charge is 0.351 e. The number of nitrogens with one attached hydrogen (secondary N) is 2. The number of esters is 3. The van der Waals surface area contributed by atoms with E-state index < -0.39 is 52.2 Å². The Morgan fingerprint density at radius 3 is 1.30 bits per heavy atom. The van der Waals surface area contributed by atoms with Crippen molar-refractivity contribution in [2.45, 2.75) is 178 Å². The van der Waals surface area contributed by atoms with Crippen molar-refractivity contribution in [2.75, 3.05) is 31.6 Å². The number of fused-ring (bicyclic) bond motifs is 7. The van der Waals surface area contributed by atoms with E-state index in [9.17, 15) is 52.7 Å². The van der Waals surface area contributed by atoms with Crippen LogP contribution in [0.1, 0.15) is 221 Å². The van der Waals surface area contributed by atoms with Gasteiger partial charge in [0, 0.05) is 57.3 Å². The number of carbonyl (C=O) groups is 5. The minimum Gasteiger partial charge on any atom is -0.462 e. The van der Waals surface area contributed by atoms with Crippen LogP contribution in [-0.4, -0.2) is 72.0 Å². The van der Waals surface area contributed by atoms with Crippen molar-refractivity contribution in [1.82, 2.24) is 15.2 Å². The number of para-hydroxylation sites is 1. The summed E-state index contributed by atoms with van der Waals surface area (Å²) in [5, 5.41) is 10.7. The number of hydrogen-bond acceptors (Lipinski definition) is 22. The highest BCUT2D eigenvalue weighted by molar-refractivity contribution is 6.02. The molecule has 0 bridgehead atoms. The molecule has 7 aromatic carbocycles. The van der Waals surface area contributed by atoms with Gasteiger partial charge in [-0.25, -0.2) is 43.2 Å². The van der Waals surface area contributed by atoms with Crippen LogP contribution >= 0.6 is 0 Å². The number of benzene rings is 7. The Balaban J connectivity index is 0.000000148. The van der Waals surface area contributed by atoms with Gasteiger partial charge in [0.25, 0.3) is 11.8 Å². The lowest BCUT2D eigenvalue weighted by Gasteiger charge is -2.37. The Morgan fingerprint density at radius 1 is 0.413 bits per heavy atom. The second-order valence-electron chi connectivity index (χ2n) is 31.7. The van der Waals surface area contributed by atoms with E-state index in [2.05, 4.69) is 36.4 Å². The summed E-state index contributed by atoms with van der Waals surface area (Å²) in [6.07, 6.45) is 15.3. The summed E-state index contributed by atoms with van der Waals surface area (Å²) >= 11 is 0. The molecule has 16 rings (SSSR count). The maximum atomic E-state index is 13.1. The molecule has 2 aliphatic rings. The maximum Gasteiger partial charge on any atom is 0.351 e. The number of anilines is 1. The second-order valence-corrected chi connectivity index (χ2v) is 31.7. The predicted molar refractivity (Wildman–Crippen MR) is 489 cm³/mol. The summed E-state index contributed by atoms with van der Waals surface area (Å²) in [6, 6.07) is 56.3. The van der Waals surface area contributed by atoms with Gasteiger partial charge in [-0.1, -0.05) is 164 Å². The Bertz CT molecular complexity index is 6630. The Kier molecular flexibility index (Phi) is 32.7. The lowest BCUT2D eigenvalue weighted by Crippen LogP contribution is -2.45. The Labute approximate surface area is 727 Å². The third-order valence-corrected chi connectivity index (χ3v) is 21.3. The first-order valence-corrected chi connectivity index (χ1v) is 42.9.